The van der Waals surface area contributed by atoms with E-state index in [0.29, 0.717) is 19.0 Å². The van der Waals surface area contributed by atoms with Crippen LogP contribution in [0.2, 0.25) is 0 Å². The summed E-state index contributed by atoms with van der Waals surface area (Å²) < 4.78 is 0. The molecule has 4 nitrogen and oxygen atoms in total. The summed E-state index contributed by atoms with van der Waals surface area (Å²) in [6, 6.07) is 0. The lowest BCUT2D eigenvalue weighted by Crippen LogP contribution is -2.30. The number of likely N-dealkylation sites (N-methyl/N-ethyl adjacent to an activating group) is 1. The Morgan fingerprint density at radius 1 is 1.60 bits per heavy atom. The van der Waals surface area contributed by atoms with Crippen molar-refractivity contribution in [2.45, 2.75) is 26.3 Å². The van der Waals surface area contributed by atoms with Crippen LogP contribution in [0.3, 0.4) is 0 Å². The molecule has 0 aliphatic rings. The number of thiazole rings is 1. The monoisotopic (exact) mass is 227 g/mol. The maximum absolute atomic E-state index is 10.9. The summed E-state index contributed by atoms with van der Waals surface area (Å²) >= 11 is 1.69. The van der Waals surface area contributed by atoms with Crippen LogP contribution in [-0.2, 0) is 11.3 Å². The first kappa shape index (κ1) is 12.1. The predicted molar refractivity (Wildman–Crippen MR) is 62.0 cm³/mol. The van der Waals surface area contributed by atoms with Crippen LogP contribution >= 0.6 is 11.3 Å². The Kier molecular flexibility index (Phi) is 4.71. The first-order chi connectivity index (χ1) is 7.13. The van der Waals surface area contributed by atoms with Gasteiger partial charge >= 0.3 is 0 Å². The molecular weight excluding hydrogens is 210 g/mol. The number of rotatable bonds is 5. The molecule has 0 saturated carbocycles. The lowest BCUT2D eigenvalue weighted by Gasteiger charge is -2.00. The number of hydrogen-bond acceptors (Lipinski definition) is 4. The van der Waals surface area contributed by atoms with Crippen molar-refractivity contribution < 1.29 is 4.79 Å². The van der Waals surface area contributed by atoms with Crippen molar-refractivity contribution in [3.63, 3.8) is 0 Å². The van der Waals surface area contributed by atoms with E-state index in [4.69, 9.17) is 0 Å². The summed E-state index contributed by atoms with van der Waals surface area (Å²) in [5.74, 6) is 0.478. The zero-order chi connectivity index (χ0) is 11.3. The molecule has 1 heterocycles. The van der Waals surface area contributed by atoms with Crippen LogP contribution in [0, 0.1) is 0 Å². The van der Waals surface area contributed by atoms with Crippen LogP contribution in [0.15, 0.2) is 6.20 Å². The van der Waals surface area contributed by atoms with Gasteiger partial charge in [-0.15, -0.1) is 11.3 Å². The van der Waals surface area contributed by atoms with Crippen LogP contribution in [0.1, 0.15) is 29.7 Å². The smallest absolute Gasteiger partial charge is 0.233 e. The molecule has 5 heteroatoms. The van der Waals surface area contributed by atoms with Crippen LogP contribution < -0.4 is 10.6 Å². The first-order valence-corrected chi connectivity index (χ1v) is 5.81. The molecule has 0 aliphatic heterocycles. The van der Waals surface area contributed by atoms with Crippen molar-refractivity contribution in [1.29, 1.82) is 0 Å². The second-order valence-electron chi connectivity index (χ2n) is 3.60. The van der Waals surface area contributed by atoms with Gasteiger partial charge < -0.3 is 10.6 Å². The number of carbonyl (C=O) groups excluding carboxylic acids is 1. The molecule has 1 aromatic rings. The van der Waals surface area contributed by atoms with Crippen molar-refractivity contribution in [3.8, 4) is 0 Å². The third-order valence-corrected chi connectivity index (χ3v) is 3.23. The van der Waals surface area contributed by atoms with Crippen LogP contribution in [-0.4, -0.2) is 24.5 Å². The minimum Gasteiger partial charge on any atom is -0.358 e. The summed E-state index contributed by atoms with van der Waals surface area (Å²) in [5.41, 5.74) is 0. The van der Waals surface area contributed by atoms with Gasteiger partial charge in [0.15, 0.2) is 0 Å². The van der Waals surface area contributed by atoms with Gasteiger partial charge in [0.25, 0.3) is 0 Å². The van der Waals surface area contributed by atoms with Crippen molar-refractivity contribution in [1.82, 2.24) is 15.6 Å². The summed E-state index contributed by atoms with van der Waals surface area (Å²) in [5, 5.41) is 6.77. The van der Waals surface area contributed by atoms with Gasteiger partial charge in [-0.2, -0.15) is 0 Å². The quantitative estimate of drug-likeness (QED) is 0.792. The van der Waals surface area contributed by atoms with Crippen molar-refractivity contribution >= 4 is 17.2 Å². The van der Waals surface area contributed by atoms with Gasteiger partial charge in [-0.3, -0.25) is 4.79 Å². The second-order valence-corrected chi connectivity index (χ2v) is 4.74. The lowest BCUT2D eigenvalue weighted by atomic mass is 10.2. The fourth-order valence-corrected chi connectivity index (χ4v) is 1.95. The van der Waals surface area contributed by atoms with E-state index in [2.05, 4.69) is 29.5 Å². The fourth-order valence-electron chi connectivity index (χ4n) is 1.06. The van der Waals surface area contributed by atoms with Crippen LogP contribution in [0.5, 0.6) is 0 Å². The maximum Gasteiger partial charge on any atom is 0.233 e. The van der Waals surface area contributed by atoms with Crippen LogP contribution in [0.4, 0.5) is 0 Å². The molecule has 1 rings (SSSR count). The van der Waals surface area contributed by atoms with E-state index >= 15 is 0 Å². The molecule has 0 unspecified atom stereocenters. The summed E-state index contributed by atoms with van der Waals surface area (Å²) in [6.07, 6.45) is 1.87. The Morgan fingerprint density at radius 2 is 2.33 bits per heavy atom. The molecule has 0 spiro atoms. The third kappa shape index (κ3) is 3.97. The predicted octanol–water partition coefficient (Wildman–Crippen LogP) is 1.10. The highest BCUT2D eigenvalue weighted by Crippen LogP contribution is 2.20. The van der Waals surface area contributed by atoms with Crippen LogP contribution in [0.25, 0.3) is 0 Å². The topological polar surface area (TPSA) is 54.0 Å². The molecule has 2 N–H and O–H groups in total. The Hall–Kier alpha value is -0.940. The minimum atomic E-state index is 0.00333. The average molecular weight is 227 g/mol. The molecule has 0 aromatic carbocycles. The third-order valence-electron chi connectivity index (χ3n) is 1.93. The highest BCUT2D eigenvalue weighted by atomic mass is 32.1. The number of aromatic nitrogens is 1. The Morgan fingerprint density at radius 3 is 2.87 bits per heavy atom. The molecule has 0 atom stereocenters. The Labute approximate surface area is 94.1 Å². The molecule has 0 radical (unpaired) electrons. The molecule has 15 heavy (non-hydrogen) atoms. The largest absolute Gasteiger partial charge is 0.358 e. The summed E-state index contributed by atoms with van der Waals surface area (Å²) in [7, 11) is 1.63. The van der Waals surface area contributed by atoms with E-state index < -0.39 is 0 Å². The van der Waals surface area contributed by atoms with Gasteiger partial charge in [0.2, 0.25) is 5.91 Å². The van der Waals surface area contributed by atoms with Gasteiger partial charge in [0, 0.05) is 30.6 Å². The highest BCUT2D eigenvalue weighted by molar-refractivity contribution is 7.11. The fraction of sp³-hybridized carbons (Fsp3) is 0.600. The molecule has 0 bridgehead atoms. The lowest BCUT2D eigenvalue weighted by molar-refractivity contribution is -0.119. The van der Waals surface area contributed by atoms with E-state index in [1.807, 2.05) is 6.20 Å². The second kappa shape index (κ2) is 5.82. The van der Waals surface area contributed by atoms with E-state index in [9.17, 15) is 4.79 Å². The van der Waals surface area contributed by atoms with Gasteiger partial charge in [-0.05, 0) is 0 Å². The summed E-state index contributed by atoms with van der Waals surface area (Å²) in [6.45, 7) is 5.31. The molecule has 1 amide bonds. The minimum absolute atomic E-state index is 0.00333. The zero-order valence-corrected chi connectivity index (χ0v) is 10.1. The molecule has 0 aliphatic carbocycles. The summed E-state index contributed by atoms with van der Waals surface area (Å²) in [4.78, 5) is 16.4. The SMILES string of the molecule is CNC(=O)CNCc1cnc(C(C)C)s1. The normalized spacial score (nSPS) is 10.7. The van der Waals surface area contributed by atoms with E-state index in [1.165, 1.54) is 4.88 Å². The Bertz CT molecular complexity index is 322. The van der Waals surface area contributed by atoms with Gasteiger partial charge in [0.05, 0.1) is 11.6 Å². The molecule has 84 valence electrons. The van der Waals surface area contributed by atoms with Crippen molar-refractivity contribution in [3.05, 3.63) is 16.1 Å². The van der Waals surface area contributed by atoms with E-state index in [-0.39, 0.29) is 5.91 Å². The number of nitrogens with zero attached hydrogens (tertiary/aromatic N) is 1. The van der Waals surface area contributed by atoms with Gasteiger partial charge in [0.1, 0.15) is 0 Å². The van der Waals surface area contributed by atoms with Gasteiger partial charge in [-0.25, -0.2) is 4.98 Å². The number of hydrogen-bond donors (Lipinski definition) is 2. The molecule has 0 saturated heterocycles. The van der Waals surface area contributed by atoms with Gasteiger partial charge in [-0.1, -0.05) is 13.8 Å². The van der Waals surface area contributed by atoms with E-state index in [1.54, 1.807) is 18.4 Å². The number of nitrogens with one attached hydrogen (secondary N) is 2. The maximum atomic E-state index is 10.9. The number of carbonyl (C=O) groups is 1. The average Bonchev–Trinajstić information content (AvgIpc) is 2.66. The highest BCUT2D eigenvalue weighted by Gasteiger charge is 2.05. The zero-order valence-electron chi connectivity index (χ0n) is 9.33. The molecular formula is C10H17N3OS. The standard InChI is InChI=1S/C10H17N3OS/c1-7(2)10-13-5-8(15-10)4-12-6-9(14)11-3/h5,7,12H,4,6H2,1-3H3,(H,11,14). The molecule has 0 fully saturated rings. The van der Waals surface area contributed by atoms with Crippen molar-refractivity contribution in [2.24, 2.45) is 0 Å². The van der Waals surface area contributed by atoms with Crippen molar-refractivity contribution in [2.75, 3.05) is 13.6 Å². The van der Waals surface area contributed by atoms with E-state index in [0.717, 1.165) is 5.01 Å². The number of amides is 1. The Balaban J connectivity index is 2.34. The molecule has 1 aromatic heterocycles. The first-order valence-electron chi connectivity index (χ1n) is 4.99.